The van der Waals surface area contributed by atoms with Crippen LogP contribution in [-0.2, 0) is 0 Å². The standard InChI is InChI=1S/C57H34N4S2/c1-3-15-35(16-4-1)37-19-13-20-38(31-37)39-29-30-51-45(32-39)46-33-40(61-48-25-10-7-21-41(48)42-22-8-11-26-49(42)61)34-47(54(46)63-51)57-59-55(36-17-5-2-6-18-36)58-56(60-57)44-24-14-28-52-53(44)43-23-9-12-27-50(43)62-52/h1-34H. The van der Waals surface area contributed by atoms with Crippen molar-refractivity contribution in [3.8, 4) is 62.1 Å². The van der Waals surface area contributed by atoms with E-state index in [0.717, 1.165) is 38.1 Å². The molecule has 0 aliphatic rings. The first-order chi connectivity index (χ1) is 31.2. The monoisotopic (exact) mass is 838 g/mol. The van der Waals surface area contributed by atoms with Gasteiger partial charge in [0.2, 0.25) is 0 Å². The number of thiophene rings is 2. The van der Waals surface area contributed by atoms with E-state index in [1.807, 2.05) is 18.2 Å². The van der Waals surface area contributed by atoms with Crippen molar-refractivity contribution >= 4 is 84.8 Å². The zero-order chi connectivity index (χ0) is 41.4. The van der Waals surface area contributed by atoms with Crippen molar-refractivity contribution in [2.45, 2.75) is 0 Å². The summed E-state index contributed by atoms with van der Waals surface area (Å²) in [6, 6.07) is 73.9. The fourth-order valence-electron chi connectivity index (χ4n) is 9.34. The summed E-state index contributed by atoms with van der Waals surface area (Å²) >= 11 is 3.61. The summed E-state index contributed by atoms with van der Waals surface area (Å²) in [5.41, 5.74) is 11.0. The summed E-state index contributed by atoms with van der Waals surface area (Å²) < 4.78 is 7.21. The molecule has 4 aromatic heterocycles. The van der Waals surface area contributed by atoms with Crippen molar-refractivity contribution in [3.05, 3.63) is 206 Å². The average molecular weight is 839 g/mol. The Morgan fingerprint density at radius 1 is 0.317 bits per heavy atom. The summed E-state index contributed by atoms with van der Waals surface area (Å²) in [7, 11) is 0. The lowest BCUT2D eigenvalue weighted by atomic mass is 9.97. The second kappa shape index (κ2) is 14.4. The van der Waals surface area contributed by atoms with Gasteiger partial charge in [0.1, 0.15) is 0 Å². The van der Waals surface area contributed by atoms with E-state index in [4.69, 9.17) is 15.0 Å². The molecule has 4 nitrogen and oxygen atoms in total. The molecule has 0 saturated heterocycles. The SMILES string of the molecule is c1ccc(-c2cccc(-c3ccc4sc5c(-c6nc(-c7ccccc7)nc(-c7cccc8sc9ccccc9c78)n6)cc(-n6c7ccccc7c7ccccc76)cc5c4c3)c2)cc1. The van der Waals surface area contributed by atoms with E-state index in [1.54, 1.807) is 22.7 Å². The van der Waals surface area contributed by atoms with Gasteiger partial charge >= 0.3 is 0 Å². The van der Waals surface area contributed by atoms with Gasteiger partial charge in [-0.3, -0.25) is 0 Å². The van der Waals surface area contributed by atoms with Crippen LogP contribution < -0.4 is 0 Å². The van der Waals surface area contributed by atoms with Gasteiger partial charge in [-0.2, -0.15) is 0 Å². The minimum absolute atomic E-state index is 0.643. The Bertz CT molecular complexity index is 3870. The smallest absolute Gasteiger partial charge is 0.165 e. The fraction of sp³-hybridized carbons (Fsp3) is 0. The van der Waals surface area contributed by atoms with Crippen molar-refractivity contribution in [3.63, 3.8) is 0 Å². The molecule has 9 aromatic carbocycles. The molecule has 0 radical (unpaired) electrons. The zero-order valence-corrected chi connectivity index (χ0v) is 35.4. The molecule has 0 atom stereocenters. The lowest BCUT2D eigenvalue weighted by Gasteiger charge is -2.13. The van der Waals surface area contributed by atoms with Crippen molar-refractivity contribution in [1.82, 2.24) is 19.5 Å². The molecule has 0 amide bonds. The molecule has 0 aliphatic heterocycles. The number of hydrogen-bond acceptors (Lipinski definition) is 5. The predicted octanol–water partition coefficient (Wildman–Crippen LogP) is 16.0. The lowest BCUT2D eigenvalue weighted by Crippen LogP contribution is -2.01. The lowest BCUT2D eigenvalue weighted by molar-refractivity contribution is 1.08. The number of aromatic nitrogens is 4. The topological polar surface area (TPSA) is 43.6 Å². The highest BCUT2D eigenvalue weighted by Gasteiger charge is 2.22. The second-order valence-corrected chi connectivity index (χ2v) is 18.1. The van der Waals surface area contributed by atoms with Crippen molar-refractivity contribution in [2.24, 2.45) is 0 Å². The van der Waals surface area contributed by atoms with Gasteiger partial charge in [0.15, 0.2) is 17.5 Å². The molecule has 294 valence electrons. The van der Waals surface area contributed by atoms with E-state index in [0.29, 0.717) is 17.5 Å². The van der Waals surface area contributed by atoms with Gasteiger partial charge in [-0.1, -0.05) is 152 Å². The largest absolute Gasteiger partial charge is 0.309 e. The molecule has 0 saturated carbocycles. The highest BCUT2D eigenvalue weighted by Crippen LogP contribution is 2.45. The van der Waals surface area contributed by atoms with Gasteiger partial charge in [-0.25, -0.2) is 15.0 Å². The Labute approximate surface area is 370 Å². The molecule has 6 heteroatoms. The van der Waals surface area contributed by atoms with Crippen LogP contribution in [-0.4, -0.2) is 19.5 Å². The third-order valence-electron chi connectivity index (χ3n) is 12.2. The van der Waals surface area contributed by atoms with Crippen LogP contribution in [0.4, 0.5) is 0 Å². The number of nitrogens with zero attached hydrogens (tertiary/aromatic N) is 4. The normalized spacial score (nSPS) is 11.8. The van der Waals surface area contributed by atoms with E-state index in [9.17, 15) is 0 Å². The summed E-state index contributed by atoms with van der Waals surface area (Å²) in [5, 5.41) is 7.18. The van der Waals surface area contributed by atoms with Crippen LogP contribution in [0.2, 0.25) is 0 Å². The molecular formula is C57H34N4S2. The Morgan fingerprint density at radius 2 is 0.873 bits per heavy atom. The van der Waals surface area contributed by atoms with Crippen LogP contribution in [0.25, 0.3) is 124 Å². The van der Waals surface area contributed by atoms with Gasteiger partial charge in [0.05, 0.1) is 11.0 Å². The van der Waals surface area contributed by atoms with Gasteiger partial charge in [0.25, 0.3) is 0 Å². The maximum atomic E-state index is 5.49. The molecule has 13 rings (SSSR count). The van der Waals surface area contributed by atoms with Crippen LogP contribution in [0.15, 0.2) is 206 Å². The third kappa shape index (κ3) is 5.91. The van der Waals surface area contributed by atoms with Crippen LogP contribution in [0.3, 0.4) is 0 Å². The third-order valence-corrected chi connectivity index (χ3v) is 14.6. The summed E-state index contributed by atoms with van der Waals surface area (Å²) in [6.45, 7) is 0. The second-order valence-electron chi connectivity index (χ2n) is 15.9. The Kier molecular flexibility index (Phi) is 8.22. The van der Waals surface area contributed by atoms with Gasteiger partial charge in [-0.15, -0.1) is 22.7 Å². The van der Waals surface area contributed by atoms with Gasteiger partial charge < -0.3 is 4.57 Å². The number of hydrogen-bond donors (Lipinski definition) is 0. The summed E-state index contributed by atoms with van der Waals surface area (Å²) in [6.07, 6.45) is 0. The minimum atomic E-state index is 0.643. The fourth-order valence-corrected chi connectivity index (χ4v) is 11.6. The summed E-state index contributed by atoms with van der Waals surface area (Å²) in [4.78, 5) is 16.1. The minimum Gasteiger partial charge on any atom is -0.309 e. The molecule has 4 heterocycles. The predicted molar refractivity (Wildman–Crippen MR) is 267 cm³/mol. The first kappa shape index (κ1) is 35.9. The zero-order valence-electron chi connectivity index (χ0n) is 33.7. The van der Waals surface area contributed by atoms with Gasteiger partial charge in [-0.05, 0) is 76.9 Å². The van der Waals surface area contributed by atoms with Crippen molar-refractivity contribution < 1.29 is 0 Å². The highest BCUT2D eigenvalue weighted by atomic mass is 32.1. The molecule has 0 fully saturated rings. The van der Waals surface area contributed by atoms with Gasteiger partial charge in [0, 0.05) is 73.5 Å². The van der Waals surface area contributed by atoms with E-state index >= 15 is 0 Å². The molecule has 13 aromatic rings. The number of para-hydroxylation sites is 2. The highest BCUT2D eigenvalue weighted by molar-refractivity contribution is 7.26. The van der Waals surface area contributed by atoms with Crippen LogP contribution in [0.5, 0.6) is 0 Å². The van der Waals surface area contributed by atoms with Crippen LogP contribution in [0, 0.1) is 0 Å². The molecule has 0 unspecified atom stereocenters. The summed E-state index contributed by atoms with van der Waals surface area (Å²) in [5.74, 6) is 1.94. The number of fused-ring (bicyclic) bond motifs is 9. The first-order valence-electron chi connectivity index (χ1n) is 21.1. The maximum Gasteiger partial charge on any atom is 0.165 e. The van der Waals surface area contributed by atoms with E-state index < -0.39 is 0 Å². The molecule has 0 aliphatic carbocycles. The van der Waals surface area contributed by atoms with Crippen molar-refractivity contribution in [1.29, 1.82) is 0 Å². The molecule has 0 N–H and O–H groups in total. The molecular weight excluding hydrogens is 805 g/mol. The quantitative estimate of drug-likeness (QED) is 0.168. The van der Waals surface area contributed by atoms with Crippen LogP contribution in [0.1, 0.15) is 0 Å². The number of rotatable bonds is 6. The van der Waals surface area contributed by atoms with E-state index in [1.165, 1.54) is 68.7 Å². The maximum absolute atomic E-state index is 5.49. The Hall–Kier alpha value is -7.77. The van der Waals surface area contributed by atoms with E-state index in [-0.39, 0.29) is 0 Å². The average Bonchev–Trinajstić information content (AvgIpc) is 4.04. The van der Waals surface area contributed by atoms with Crippen LogP contribution >= 0.6 is 22.7 Å². The Morgan fingerprint density at radius 3 is 1.63 bits per heavy atom. The molecule has 0 spiro atoms. The Balaban J connectivity index is 1.10. The van der Waals surface area contributed by atoms with Crippen molar-refractivity contribution in [2.75, 3.05) is 0 Å². The molecule has 0 bridgehead atoms. The first-order valence-corrected chi connectivity index (χ1v) is 22.7. The van der Waals surface area contributed by atoms with E-state index in [2.05, 4.69) is 193 Å². The number of benzene rings is 9. The molecule has 63 heavy (non-hydrogen) atoms.